The van der Waals surface area contributed by atoms with Crippen LogP contribution in [-0.4, -0.2) is 23.6 Å². The van der Waals surface area contributed by atoms with Crippen molar-refractivity contribution in [2.24, 2.45) is 7.05 Å². The Kier molecular flexibility index (Phi) is 4.70. The summed E-state index contributed by atoms with van der Waals surface area (Å²) in [5, 5.41) is 5.07. The number of amides is 1. The molecule has 1 N–H and O–H groups in total. The summed E-state index contributed by atoms with van der Waals surface area (Å²) in [6.07, 6.45) is 3.93. The molecular formula is C20H19ClN2O3S. The summed E-state index contributed by atoms with van der Waals surface area (Å²) in [6.45, 7) is 0. The number of thiophene rings is 1. The number of esters is 1. The van der Waals surface area contributed by atoms with Crippen molar-refractivity contribution in [2.75, 3.05) is 12.4 Å². The molecule has 27 heavy (non-hydrogen) atoms. The number of methoxy groups -OCH3 is 1. The maximum atomic E-state index is 13.0. The van der Waals surface area contributed by atoms with E-state index in [-0.39, 0.29) is 5.91 Å². The SMILES string of the molecule is COC(=O)c1c(NC(=O)c2cc3ccc(Cl)cc3n2C)sc2c1CCCC2. The van der Waals surface area contributed by atoms with Gasteiger partial charge in [-0.25, -0.2) is 4.79 Å². The molecule has 140 valence electrons. The third-order valence-electron chi connectivity index (χ3n) is 5.03. The van der Waals surface area contributed by atoms with Gasteiger partial charge in [0.05, 0.1) is 12.7 Å². The van der Waals surface area contributed by atoms with Gasteiger partial charge in [-0.2, -0.15) is 0 Å². The monoisotopic (exact) mass is 402 g/mol. The predicted molar refractivity (Wildman–Crippen MR) is 108 cm³/mol. The molecule has 0 bridgehead atoms. The summed E-state index contributed by atoms with van der Waals surface area (Å²) in [6, 6.07) is 7.34. The van der Waals surface area contributed by atoms with E-state index in [0.29, 0.717) is 21.3 Å². The average Bonchev–Trinajstić information content (AvgIpc) is 3.18. The number of halogens is 1. The van der Waals surface area contributed by atoms with Crippen LogP contribution in [0.1, 0.15) is 44.1 Å². The average molecular weight is 403 g/mol. The summed E-state index contributed by atoms with van der Waals surface area (Å²) >= 11 is 7.56. The van der Waals surface area contributed by atoms with E-state index in [4.69, 9.17) is 16.3 Å². The van der Waals surface area contributed by atoms with Crippen molar-refractivity contribution >= 4 is 50.7 Å². The van der Waals surface area contributed by atoms with E-state index in [9.17, 15) is 9.59 Å². The molecule has 2 aromatic heterocycles. The lowest BCUT2D eigenvalue weighted by Crippen LogP contribution is -2.17. The van der Waals surface area contributed by atoms with Gasteiger partial charge >= 0.3 is 5.97 Å². The molecule has 4 rings (SSSR count). The maximum absolute atomic E-state index is 13.0. The molecule has 0 spiro atoms. The van der Waals surface area contributed by atoms with E-state index in [2.05, 4.69) is 5.32 Å². The number of carbonyl (C=O) groups is 2. The van der Waals surface area contributed by atoms with Gasteiger partial charge in [0, 0.05) is 27.9 Å². The molecule has 1 aromatic carbocycles. The minimum atomic E-state index is -0.395. The van der Waals surface area contributed by atoms with Crippen LogP contribution in [0.2, 0.25) is 5.02 Å². The van der Waals surface area contributed by atoms with Crippen LogP contribution in [0.3, 0.4) is 0 Å². The van der Waals surface area contributed by atoms with Crippen LogP contribution in [0.15, 0.2) is 24.3 Å². The molecule has 3 aromatic rings. The summed E-state index contributed by atoms with van der Waals surface area (Å²) in [4.78, 5) is 26.5. The Morgan fingerprint density at radius 1 is 1.22 bits per heavy atom. The number of nitrogens with one attached hydrogen (secondary N) is 1. The lowest BCUT2D eigenvalue weighted by Gasteiger charge is -2.11. The molecule has 0 saturated carbocycles. The first kappa shape index (κ1) is 18.1. The fraction of sp³-hybridized carbons (Fsp3) is 0.300. The number of ether oxygens (including phenoxy) is 1. The van der Waals surface area contributed by atoms with E-state index < -0.39 is 5.97 Å². The maximum Gasteiger partial charge on any atom is 0.341 e. The minimum Gasteiger partial charge on any atom is -0.465 e. The first-order chi connectivity index (χ1) is 13.0. The number of benzene rings is 1. The van der Waals surface area contributed by atoms with Gasteiger partial charge in [0.1, 0.15) is 10.7 Å². The number of fused-ring (bicyclic) bond motifs is 2. The first-order valence-electron chi connectivity index (χ1n) is 8.78. The van der Waals surface area contributed by atoms with Gasteiger partial charge in [-0.1, -0.05) is 17.7 Å². The van der Waals surface area contributed by atoms with E-state index in [1.54, 1.807) is 6.07 Å². The highest BCUT2D eigenvalue weighted by Gasteiger charge is 2.27. The van der Waals surface area contributed by atoms with Crippen molar-refractivity contribution in [3.8, 4) is 0 Å². The number of nitrogens with zero attached hydrogens (tertiary/aromatic N) is 1. The van der Waals surface area contributed by atoms with E-state index >= 15 is 0 Å². The van der Waals surface area contributed by atoms with Crippen molar-refractivity contribution in [2.45, 2.75) is 25.7 Å². The molecule has 5 nitrogen and oxygen atoms in total. The zero-order chi connectivity index (χ0) is 19.1. The summed E-state index contributed by atoms with van der Waals surface area (Å²) in [5.74, 6) is -0.651. The Hall–Kier alpha value is -2.31. The summed E-state index contributed by atoms with van der Waals surface area (Å²) in [7, 11) is 3.20. The van der Waals surface area contributed by atoms with Crippen LogP contribution in [0.25, 0.3) is 10.9 Å². The summed E-state index contributed by atoms with van der Waals surface area (Å²) in [5.41, 5.74) is 2.92. The normalized spacial score (nSPS) is 13.4. The van der Waals surface area contributed by atoms with Gasteiger partial charge in [0.15, 0.2) is 0 Å². The second-order valence-corrected chi connectivity index (χ2v) is 8.19. The molecule has 2 heterocycles. The number of rotatable bonds is 3. The van der Waals surface area contributed by atoms with E-state index in [1.807, 2.05) is 29.8 Å². The second-order valence-electron chi connectivity index (χ2n) is 6.65. The fourth-order valence-corrected chi connectivity index (χ4v) is 5.10. The van der Waals surface area contributed by atoms with Gasteiger partial charge in [-0.05, 0) is 49.4 Å². The Bertz CT molecular complexity index is 1070. The molecule has 1 aliphatic rings. The van der Waals surface area contributed by atoms with Crippen molar-refractivity contribution in [1.82, 2.24) is 4.57 Å². The highest BCUT2D eigenvalue weighted by atomic mass is 35.5. The van der Waals surface area contributed by atoms with Crippen LogP contribution in [0, 0.1) is 0 Å². The third-order valence-corrected chi connectivity index (χ3v) is 6.47. The minimum absolute atomic E-state index is 0.256. The number of aromatic nitrogens is 1. The van der Waals surface area contributed by atoms with Crippen LogP contribution in [-0.2, 0) is 24.6 Å². The fourth-order valence-electron chi connectivity index (χ4n) is 3.66. The van der Waals surface area contributed by atoms with Gasteiger partial charge in [-0.15, -0.1) is 11.3 Å². The largest absolute Gasteiger partial charge is 0.465 e. The number of hydrogen-bond donors (Lipinski definition) is 1. The van der Waals surface area contributed by atoms with Gasteiger partial charge in [0.2, 0.25) is 0 Å². The number of carbonyl (C=O) groups excluding carboxylic acids is 2. The number of aryl methyl sites for hydroxylation is 2. The van der Waals surface area contributed by atoms with Crippen LogP contribution < -0.4 is 5.32 Å². The van der Waals surface area contributed by atoms with Gasteiger partial charge in [0.25, 0.3) is 5.91 Å². The molecule has 0 atom stereocenters. The molecule has 0 radical (unpaired) electrons. The zero-order valence-electron chi connectivity index (χ0n) is 15.1. The lowest BCUT2D eigenvalue weighted by atomic mass is 9.95. The molecule has 0 unspecified atom stereocenters. The topological polar surface area (TPSA) is 60.3 Å². The Balaban J connectivity index is 1.72. The van der Waals surface area contributed by atoms with E-state index in [0.717, 1.165) is 42.1 Å². The lowest BCUT2D eigenvalue weighted by molar-refractivity contribution is 0.0601. The standard InChI is InChI=1S/C20H19ClN2O3S/c1-23-14-10-12(21)8-7-11(14)9-15(23)18(24)22-19-17(20(25)26-2)13-5-3-4-6-16(13)27-19/h7-10H,3-6H2,1-2H3,(H,22,24). The van der Waals surface area contributed by atoms with Crippen LogP contribution in [0.5, 0.6) is 0 Å². The molecule has 0 fully saturated rings. The van der Waals surface area contributed by atoms with E-state index in [1.165, 1.54) is 23.3 Å². The Labute approximate surface area is 165 Å². The molecular weight excluding hydrogens is 384 g/mol. The highest BCUT2D eigenvalue weighted by Crippen LogP contribution is 2.39. The molecule has 7 heteroatoms. The van der Waals surface area contributed by atoms with Crippen molar-refractivity contribution in [3.05, 3.63) is 51.0 Å². The van der Waals surface area contributed by atoms with Crippen molar-refractivity contribution < 1.29 is 14.3 Å². The molecule has 1 aliphatic carbocycles. The molecule has 0 saturated heterocycles. The second kappa shape index (κ2) is 7.02. The number of anilines is 1. The smallest absolute Gasteiger partial charge is 0.341 e. The summed E-state index contributed by atoms with van der Waals surface area (Å²) < 4.78 is 6.78. The van der Waals surface area contributed by atoms with Crippen molar-refractivity contribution in [3.63, 3.8) is 0 Å². The predicted octanol–water partition coefficient (Wildman–Crippen LogP) is 4.81. The first-order valence-corrected chi connectivity index (χ1v) is 9.98. The number of hydrogen-bond acceptors (Lipinski definition) is 4. The van der Waals surface area contributed by atoms with Crippen LogP contribution in [0.4, 0.5) is 5.00 Å². The van der Waals surface area contributed by atoms with Gasteiger partial charge < -0.3 is 14.6 Å². The Morgan fingerprint density at radius 2 is 2.00 bits per heavy atom. The van der Waals surface area contributed by atoms with Crippen LogP contribution >= 0.6 is 22.9 Å². The Morgan fingerprint density at radius 3 is 2.78 bits per heavy atom. The molecule has 0 aliphatic heterocycles. The highest BCUT2D eigenvalue weighted by molar-refractivity contribution is 7.17. The van der Waals surface area contributed by atoms with Crippen molar-refractivity contribution in [1.29, 1.82) is 0 Å². The van der Waals surface area contributed by atoms with Gasteiger partial charge in [-0.3, -0.25) is 4.79 Å². The third kappa shape index (κ3) is 3.13. The molecule has 1 amide bonds. The zero-order valence-corrected chi connectivity index (χ0v) is 16.7. The quantitative estimate of drug-likeness (QED) is 0.639.